The van der Waals surface area contributed by atoms with Gasteiger partial charge in [0.1, 0.15) is 0 Å². The highest BCUT2D eigenvalue weighted by molar-refractivity contribution is 7.98. The number of tetrazole rings is 1. The highest BCUT2D eigenvalue weighted by Gasteiger charge is 2.13. The maximum absolute atomic E-state index is 11.2. The molecule has 0 fully saturated rings. The van der Waals surface area contributed by atoms with Gasteiger partial charge >= 0.3 is 6.09 Å². The van der Waals surface area contributed by atoms with E-state index >= 15 is 0 Å². The fraction of sp³-hybridized carbons (Fsp3) is 0.667. The molecular formula is C6H10N4O2S. The molecule has 0 spiro atoms. The molecule has 0 radical (unpaired) electrons. The summed E-state index contributed by atoms with van der Waals surface area (Å²) in [7, 11) is 0. The molecule has 0 aliphatic carbocycles. The zero-order valence-electron chi connectivity index (χ0n) is 7.43. The first kappa shape index (κ1) is 9.97. The van der Waals surface area contributed by atoms with Gasteiger partial charge in [-0.3, -0.25) is 0 Å². The Bertz CT molecular complexity index is 288. The maximum Gasteiger partial charge on any atom is 0.438 e. The zero-order valence-corrected chi connectivity index (χ0v) is 8.24. The number of rotatable bonds is 3. The van der Waals surface area contributed by atoms with Gasteiger partial charge in [-0.25, -0.2) is 4.79 Å². The summed E-state index contributed by atoms with van der Waals surface area (Å²) in [6, 6.07) is 0. The lowest BCUT2D eigenvalue weighted by Gasteiger charge is -2.01. The van der Waals surface area contributed by atoms with Crippen molar-refractivity contribution in [3.05, 3.63) is 0 Å². The van der Waals surface area contributed by atoms with E-state index in [2.05, 4.69) is 15.5 Å². The Labute approximate surface area is 79.6 Å². The van der Waals surface area contributed by atoms with Gasteiger partial charge in [-0.15, -0.1) is 9.78 Å². The van der Waals surface area contributed by atoms with Crippen molar-refractivity contribution in [2.45, 2.75) is 18.5 Å². The lowest BCUT2D eigenvalue weighted by atomic mass is 10.5. The molecule has 0 atom stereocenters. The molecule has 0 unspecified atom stereocenters. The van der Waals surface area contributed by atoms with E-state index in [0.717, 1.165) is 11.1 Å². The van der Waals surface area contributed by atoms with Crippen molar-refractivity contribution < 1.29 is 9.53 Å². The van der Waals surface area contributed by atoms with E-state index in [-0.39, 0.29) is 0 Å². The molecule has 72 valence electrons. The van der Waals surface area contributed by atoms with Gasteiger partial charge in [-0.2, -0.15) is 0 Å². The van der Waals surface area contributed by atoms with Gasteiger partial charge in [0.15, 0.2) is 0 Å². The summed E-state index contributed by atoms with van der Waals surface area (Å²) in [6.07, 6.45) is 2.04. The Balaban J connectivity index is 2.65. The minimum atomic E-state index is -0.531. The van der Waals surface area contributed by atoms with Crippen molar-refractivity contribution in [1.82, 2.24) is 20.2 Å². The third-order valence-corrected chi connectivity index (χ3v) is 1.85. The number of hydrogen-bond acceptors (Lipinski definition) is 6. The quantitative estimate of drug-likeness (QED) is 0.533. The van der Waals surface area contributed by atoms with E-state index in [1.165, 1.54) is 11.8 Å². The van der Waals surface area contributed by atoms with Crippen LogP contribution in [0, 0.1) is 0 Å². The minimum absolute atomic E-state index is 0.381. The van der Waals surface area contributed by atoms with Gasteiger partial charge < -0.3 is 4.74 Å². The highest BCUT2D eigenvalue weighted by atomic mass is 32.2. The van der Waals surface area contributed by atoms with E-state index in [9.17, 15) is 4.79 Å². The van der Waals surface area contributed by atoms with Crippen LogP contribution < -0.4 is 0 Å². The van der Waals surface area contributed by atoms with Crippen molar-refractivity contribution in [3.63, 3.8) is 0 Å². The first-order valence-electron chi connectivity index (χ1n) is 3.79. The standard InChI is InChI=1S/C6H10N4O2S/c1-3-4-12-6(11)10-5(13-2)7-8-9-10/h3-4H2,1-2H3. The number of thioether (sulfide) groups is 1. The topological polar surface area (TPSA) is 69.9 Å². The molecule has 0 aromatic carbocycles. The van der Waals surface area contributed by atoms with E-state index in [4.69, 9.17) is 4.74 Å². The predicted octanol–water partition coefficient (Wildman–Crippen LogP) is 0.790. The van der Waals surface area contributed by atoms with Crippen LogP contribution in [-0.2, 0) is 4.74 Å². The van der Waals surface area contributed by atoms with Gasteiger partial charge in [-0.05, 0) is 23.1 Å². The summed E-state index contributed by atoms with van der Waals surface area (Å²) in [5, 5.41) is 10.9. The van der Waals surface area contributed by atoms with Crippen LogP contribution in [0.25, 0.3) is 0 Å². The van der Waals surface area contributed by atoms with Crippen molar-refractivity contribution in [2.75, 3.05) is 12.9 Å². The number of nitrogens with zero attached hydrogens (tertiary/aromatic N) is 4. The minimum Gasteiger partial charge on any atom is -0.448 e. The number of hydrogen-bond donors (Lipinski definition) is 0. The molecule has 6 nitrogen and oxygen atoms in total. The molecule has 0 bridgehead atoms. The number of ether oxygens (including phenoxy) is 1. The monoisotopic (exact) mass is 202 g/mol. The third kappa shape index (κ3) is 2.41. The largest absolute Gasteiger partial charge is 0.448 e. The lowest BCUT2D eigenvalue weighted by molar-refractivity contribution is 0.141. The van der Waals surface area contributed by atoms with Crippen LogP contribution in [0.4, 0.5) is 4.79 Å². The maximum atomic E-state index is 11.2. The molecule has 0 N–H and O–H groups in total. The molecule has 0 saturated carbocycles. The molecular weight excluding hydrogens is 192 g/mol. The van der Waals surface area contributed by atoms with Gasteiger partial charge in [0.25, 0.3) is 0 Å². The van der Waals surface area contributed by atoms with Gasteiger partial charge in [0.05, 0.1) is 6.61 Å². The highest BCUT2D eigenvalue weighted by Crippen LogP contribution is 2.08. The summed E-state index contributed by atoms with van der Waals surface area (Å²) in [5.41, 5.74) is 0. The van der Waals surface area contributed by atoms with Crippen LogP contribution in [0.15, 0.2) is 5.16 Å². The summed E-state index contributed by atoms with van der Waals surface area (Å²) in [4.78, 5) is 11.2. The van der Waals surface area contributed by atoms with E-state index < -0.39 is 6.09 Å². The summed E-state index contributed by atoms with van der Waals surface area (Å²) >= 11 is 1.29. The van der Waals surface area contributed by atoms with Crippen LogP contribution in [0.1, 0.15) is 13.3 Å². The second kappa shape index (κ2) is 4.80. The van der Waals surface area contributed by atoms with Gasteiger partial charge in [-0.1, -0.05) is 18.7 Å². The molecule has 13 heavy (non-hydrogen) atoms. The number of carbonyl (C=O) groups is 1. The first-order valence-corrected chi connectivity index (χ1v) is 5.01. The molecule has 1 aromatic heterocycles. The average molecular weight is 202 g/mol. The Morgan fingerprint density at radius 1 is 1.69 bits per heavy atom. The molecule has 0 aliphatic rings. The molecule has 0 saturated heterocycles. The zero-order chi connectivity index (χ0) is 9.68. The van der Waals surface area contributed by atoms with Crippen LogP contribution in [0.5, 0.6) is 0 Å². The Morgan fingerprint density at radius 2 is 2.46 bits per heavy atom. The molecule has 7 heteroatoms. The second-order valence-corrected chi connectivity index (χ2v) is 2.97. The van der Waals surface area contributed by atoms with Crippen LogP contribution in [-0.4, -0.2) is 39.2 Å². The molecule has 1 aromatic rings. The normalized spacial score (nSPS) is 10.0. The van der Waals surface area contributed by atoms with Crippen molar-refractivity contribution in [2.24, 2.45) is 0 Å². The predicted molar refractivity (Wildman–Crippen MR) is 46.6 cm³/mol. The van der Waals surface area contributed by atoms with Crippen molar-refractivity contribution in [1.29, 1.82) is 0 Å². The Morgan fingerprint density at radius 3 is 3.08 bits per heavy atom. The van der Waals surface area contributed by atoms with Gasteiger partial charge in [0, 0.05) is 0 Å². The molecule has 1 rings (SSSR count). The summed E-state index contributed by atoms with van der Waals surface area (Å²) < 4.78 is 5.89. The fourth-order valence-corrected chi connectivity index (χ4v) is 1.07. The second-order valence-electron chi connectivity index (χ2n) is 2.19. The van der Waals surface area contributed by atoms with E-state index in [0.29, 0.717) is 11.8 Å². The lowest BCUT2D eigenvalue weighted by Crippen LogP contribution is -2.16. The molecule has 0 aliphatic heterocycles. The molecule has 0 amide bonds. The smallest absolute Gasteiger partial charge is 0.438 e. The SMILES string of the molecule is CCCOC(=O)n1nnnc1SC. The van der Waals surface area contributed by atoms with E-state index in [1.54, 1.807) is 6.26 Å². The summed E-state index contributed by atoms with van der Waals surface area (Å²) in [6.45, 7) is 2.30. The third-order valence-electron chi connectivity index (χ3n) is 1.23. The first-order chi connectivity index (χ1) is 6.29. The Kier molecular flexibility index (Phi) is 3.69. The van der Waals surface area contributed by atoms with Crippen molar-refractivity contribution >= 4 is 17.9 Å². The van der Waals surface area contributed by atoms with E-state index in [1.807, 2.05) is 6.92 Å². The average Bonchev–Trinajstić information content (AvgIpc) is 2.61. The summed E-state index contributed by atoms with van der Waals surface area (Å²) in [5.74, 6) is 0. The number of carbonyl (C=O) groups excluding carboxylic acids is 1. The number of aromatic nitrogens is 4. The van der Waals surface area contributed by atoms with Gasteiger partial charge in [0.2, 0.25) is 5.16 Å². The van der Waals surface area contributed by atoms with Crippen LogP contribution >= 0.6 is 11.8 Å². The van der Waals surface area contributed by atoms with Crippen molar-refractivity contribution in [3.8, 4) is 0 Å². The fourth-order valence-electron chi connectivity index (χ4n) is 0.671. The Hall–Kier alpha value is -1.11. The van der Waals surface area contributed by atoms with Crippen LogP contribution in [0.2, 0.25) is 0 Å². The van der Waals surface area contributed by atoms with Crippen LogP contribution in [0.3, 0.4) is 0 Å². The molecule has 1 heterocycles.